The molecule has 1 saturated heterocycles. The van der Waals surface area contributed by atoms with E-state index in [-0.39, 0.29) is 18.3 Å². The van der Waals surface area contributed by atoms with Crippen LogP contribution in [0, 0.1) is 5.92 Å². The molecule has 218 valence electrons. The topological polar surface area (TPSA) is 27.7 Å². The normalized spacial score (nSPS) is 21.5. The summed E-state index contributed by atoms with van der Waals surface area (Å²) in [6, 6.07) is 22.4. The summed E-state index contributed by atoms with van der Waals surface area (Å²) >= 11 is -2.78. The molecule has 0 spiro atoms. The van der Waals surface area contributed by atoms with Crippen molar-refractivity contribution >= 4 is 36.9 Å². The molecule has 1 aliphatic carbocycles. The third-order valence-corrected chi connectivity index (χ3v) is 27.3. The molecular formula is C35H51O3PSn. The Balaban J connectivity index is 1.82. The van der Waals surface area contributed by atoms with Crippen molar-refractivity contribution in [3.8, 4) is 0 Å². The van der Waals surface area contributed by atoms with Crippen molar-refractivity contribution in [1.82, 2.24) is 0 Å². The fraction of sp³-hybridized carbons (Fsp3) is 0.543. The number of methoxy groups -OCH3 is 1. The van der Waals surface area contributed by atoms with Crippen molar-refractivity contribution in [2.45, 2.75) is 91.4 Å². The molecule has 3 nitrogen and oxygen atoms in total. The van der Waals surface area contributed by atoms with Crippen LogP contribution >= 0.6 is 7.92 Å². The standard InChI is InChI=1S/C23H24O3P.3C4H9.Sn/c1-24-17-18-15-16-25-23(26-18)21-13-8-14-22(21)27(19-9-4-2-5-10-19)20-11-6-3-7-12-20;3*1-3-4-2;/h2-12,14,18,21,23H,15-17H2,1H3;3*1,3-4H2,2H3;/t18-,21?,23?;;;;/m0..../s1. The zero-order valence-corrected chi connectivity index (χ0v) is 29.1. The minimum absolute atomic E-state index is 0.0954. The summed E-state index contributed by atoms with van der Waals surface area (Å²) in [5.74, 6) is 0.215. The van der Waals surface area contributed by atoms with Crippen LogP contribution in [0.5, 0.6) is 0 Å². The predicted octanol–water partition coefficient (Wildman–Crippen LogP) is 8.73. The van der Waals surface area contributed by atoms with E-state index < -0.39 is 26.3 Å². The first-order chi connectivity index (χ1) is 19.7. The van der Waals surface area contributed by atoms with E-state index in [1.807, 2.05) is 0 Å². The summed E-state index contributed by atoms with van der Waals surface area (Å²) in [5, 5.41) is 4.35. The summed E-state index contributed by atoms with van der Waals surface area (Å²) in [6.45, 7) is 8.48. The van der Waals surface area contributed by atoms with E-state index in [0.717, 1.165) is 13.0 Å². The van der Waals surface area contributed by atoms with Crippen molar-refractivity contribution in [2.24, 2.45) is 5.92 Å². The number of ether oxygens (including phenoxy) is 3. The molecule has 0 bridgehead atoms. The number of allylic oxidation sites excluding steroid dienone is 2. The van der Waals surface area contributed by atoms with Gasteiger partial charge >= 0.3 is 250 Å². The van der Waals surface area contributed by atoms with E-state index in [1.165, 1.54) is 67.8 Å². The third kappa shape index (κ3) is 7.89. The SMILES string of the molecule is CCC[CH2][Sn]([CH2]CCC)([CH2]CCC)[C]1=CC=C(P(c2ccccc2)c2ccccc2)C1C1OCC[C@@H](COC)O1. The van der Waals surface area contributed by atoms with Crippen molar-refractivity contribution in [1.29, 1.82) is 0 Å². The first kappa shape index (κ1) is 32.0. The van der Waals surface area contributed by atoms with Gasteiger partial charge in [0.15, 0.2) is 0 Å². The Bertz CT molecular complexity index is 1010. The molecule has 2 unspecified atom stereocenters. The summed E-state index contributed by atoms with van der Waals surface area (Å²) < 4.78 is 25.1. The predicted molar refractivity (Wildman–Crippen MR) is 175 cm³/mol. The molecule has 1 fully saturated rings. The Morgan fingerprint density at radius 2 is 1.35 bits per heavy atom. The Labute approximate surface area is 249 Å². The maximum atomic E-state index is 6.82. The van der Waals surface area contributed by atoms with Gasteiger partial charge in [-0.15, -0.1) is 0 Å². The van der Waals surface area contributed by atoms with Crippen molar-refractivity contribution in [2.75, 3.05) is 20.3 Å². The van der Waals surface area contributed by atoms with E-state index in [1.54, 1.807) is 10.7 Å². The van der Waals surface area contributed by atoms with Gasteiger partial charge in [0.05, 0.1) is 0 Å². The Kier molecular flexibility index (Phi) is 13.3. The third-order valence-electron chi connectivity index (χ3n) is 8.69. The minimum atomic E-state index is -2.78. The molecule has 5 heteroatoms. The molecular weight excluding hydrogens is 618 g/mol. The Morgan fingerprint density at radius 3 is 1.85 bits per heavy atom. The van der Waals surface area contributed by atoms with Crippen LogP contribution in [-0.2, 0) is 14.2 Å². The molecule has 1 aliphatic heterocycles. The number of rotatable bonds is 16. The molecule has 4 rings (SSSR count). The van der Waals surface area contributed by atoms with E-state index in [9.17, 15) is 0 Å². The van der Waals surface area contributed by atoms with Crippen LogP contribution in [0.3, 0.4) is 0 Å². The molecule has 0 amide bonds. The molecule has 2 aromatic carbocycles. The molecule has 2 aliphatic rings. The van der Waals surface area contributed by atoms with Gasteiger partial charge in [-0.25, -0.2) is 0 Å². The molecule has 1 heterocycles. The molecule has 2 aromatic rings. The van der Waals surface area contributed by atoms with E-state index in [0.29, 0.717) is 6.61 Å². The Hall–Kier alpha value is -0.971. The number of benzene rings is 2. The Morgan fingerprint density at radius 1 is 0.800 bits per heavy atom. The first-order valence-electron chi connectivity index (χ1n) is 15.8. The van der Waals surface area contributed by atoms with Gasteiger partial charge in [0.1, 0.15) is 0 Å². The van der Waals surface area contributed by atoms with Gasteiger partial charge in [-0.1, -0.05) is 0 Å². The second-order valence-electron chi connectivity index (χ2n) is 11.5. The van der Waals surface area contributed by atoms with Crippen LogP contribution in [0.2, 0.25) is 13.3 Å². The molecule has 3 atom stereocenters. The summed E-state index contributed by atoms with van der Waals surface area (Å²) in [7, 11) is 1.08. The quantitative estimate of drug-likeness (QED) is 0.132. The molecule has 0 radical (unpaired) electrons. The molecule has 0 aromatic heterocycles. The maximum absolute atomic E-state index is 6.82. The van der Waals surface area contributed by atoms with Crippen LogP contribution in [0.1, 0.15) is 65.7 Å². The molecule has 0 saturated carbocycles. The average molecular weight is 669 g/mol. The van der Waals surface area contributed by atoms with Crippen LogP contribution < -0.4 is 10.6 Å². The summed E-state index contributed by atoms with van der Waals surface area (Å²) in [6.07, 6.45) is 13.8. The average Bonchev–Trinajstić information content (AvgIpc) is 3.44. The number of unbranched alkanes of at least 4 members (excludes halogenated alkanes) is 3. The monoisotopic (exact) mass is 670 g/mol. The van der Waals surface area contributed by atoms with Gasteiger partial charge in [-0.05, 0) is 0 Å². The molecule has 40 heavy (non-hydrogen) atoms. The summed E-state index contributed by atoms with van der Waals surface area (Å²) in [5.41, 5.74) is 0. The van der Waals surface area contributed by atoms with Crippen LogP contribution in [0.25, 0.3) is 0 Å². The van der Waals surface area contributed by atoms with Gasteiger partial charge in [0.2, 0.25) is 0 Å². The number of hydrogen-bond donors (Lipinski definition) is 0. The zero-order chi connectivity index (χ0) is 28.2. The van der Waals surface area contributed by atoms with E-state index in [4.69, 9.17) is 14.2 Å². The summed E-state index contributed by atoms with van der Waals surface area (Å²) in [4.78, 5) is 0. The fourth-order valence-electron chi connectivity index (χ4n) is 6.60. The van der Waals surface area contributed by atoms with Gasteiger partial charge in [-0.3, -0.25) is 0 Å². The van der Waals surface area contributed by atoms with Crippen LogP contribution in [-0.4, -0.2) is 51.1 Å². The molecule has 0 N–H and O–H groups in total. The van der Waals surface area contributed by atoms with Gasteiger partial charge in [-0.2, -0.15) is 0 Å². The first-order valence-corrected chi connectivity index (χ1v) is 24.6. The fourth-order valence-corrected chi connectivity index (χ4v) is 26.9. The second-order valence-corrected chi connectivity index (χ2v) is 27.0. The number of hydrogen-bond acceptors (Lipinski definition) is 3. The van der Waals surface area contributed by atoms with Crippen molar-refractivity contribution < 1.29 is 14.2 Å². The van der Waals surface area contributed by atoms with Gasteiger partial charge < -0.3 is 0 Å². The van der Waals surface area contributed by atoms with E-state index >= 15 is 0 Å². The van der Waals surface area contributed by atoms with E-state index in [2.05, 4.69) is 93.6 Å². The van der Waals surface area contributed by atoms with Crippen LogP contribution in [0.15, 0.2) is 81.7 Å². The van der Waals surface area contributed by atoms with Crippen molar-refractivity contribution in [3.63, 3.8) is 0 Å². The van der Waals surface area contributed by atoms with Gasteiger partial charge in [0.25, 0.3) is 0 Å². The van der Waals surface area contributed by atoms with Crippen LogP contribution in [0.4, 0.5) is 0 Å². The second kappa shape index (κ2) is 16.6. The zero-order valence-electron chi connectivity index (χ0n) is 25.3. The van der Waals surface area contributed by atoms with Crippen molar-refractivity contribution in [3.05, 3.63) is 81.7 Å². The van der Waals surface area contributed by atoms with Gasteiger partial charge in [0, 0.05) is 0 Å².